The molecule has 39 heavy (non-hydrogen) atoms. The quantitative estimate of drug-likeness (QED) is 0.212. The fraction of sp³-hybridized carbons (Fsp3) is 0.833. The lowest BCUT2D eigenvalue weighted by Crippen LogP contribution is -2.26. The summed E-state index contributed by atoms with van der Waals surface area (Å²) < 4.78 is 35.6. The van der Waals surface area contributed by atoms with Crippen molar-refractivity contribution < 1.29 is 13.5 Å². The Hall–Kier alpha value is -1.12. The Morgan fingerprint density at radius 1 is 0.590 bits per heavy atom. The summed E-state index contributed by atoms with van der Waals surface area (Å²) in [6, 6.07) is 3.45. The molecule has 3 fully saturated rings. The Morgan fingerprint density at radius 2 is 1.10 bits per heavy atom. The third kappa shape index (κ3) is 9.46. The molecule has 1 aromatic carbocycles. The third-order valence-corrected chi connectivity index (χ3v) is 11.0. The van der Waals surface area contributed by atoms with Crippen molar-refractivity contribution in [2.24, 2.45) is 35.5 Å². The third-order valence-electron chi connectivity index (χ3n) is 11.0. The highest BCUT2D eigenvalue weighted by atomic mass is 19.2. The van der Waals surface area contributed by atoms with Crippen LogP contribution in [0.25, 0.3) is 0 Å². The number of unbranched alkanes of at least 4 members (excludes halogenated alkanes) is 3. The van der Waals surface area contributed by atoms with Crippen LogP contribution in [-0.4, -0.2) is 6.61 Å². The molecular weight excluding hydrogens is 486 g/mol. The van der Waals surface area contributed by atoms with E-state index in [-0.39, 0.29) is 5.75 Å². The van der Waals surface area contributed by atoms with Gasteiger partial charge in [-0.25, -0.2) is 4.39 Å². The van der Waals surface area contributed by atoms with Gasteiger partial charge in [-0.05, 0) is 98.5 Å². The van der Waals surface area contributed by atoms with Gasteiger partial charge in [-0.2, -0.15) is 4.39 Å². The zero-order chi connectivity index (χ0) is 27.5. The van der Waals surface area contributed by atoms with Crippen molar-refractivity contribution >= 4 is 0 Å². The first kappa shape index (κ1) is 30.8. The van der Waals surface area contributed by atoms with Crippen molar-refractivity contribution in [3.05, 3.63) is 29.3 Å². The standard InChI is InChI=1S/C36H58F2O/c1-3-5-7-9-28-14-19-31(20-15-28)32-21-16-29(17-22-32)18-23-33-24-25-34(36(38)35(33)37)39-26-30-12-10-27(11-13-30)8-6-4-2/h24-25,27-32H,3-23,26H2,1-2H3/t27-,28-,29-,30-,31-,32-. The van der Waals surface area contributed by atoms with Crippen LogP contribution in [-0.2, 0) is 6.42 Å². The lowest BCUT2D eigenvalue weighted by molar-refractivity contribution is 0.140. The van der Waals surface area contributed by atoms with Gasteiger partial charge in [-0.3, -0.25) is 0 Å². The monoisotopic (exact) mass is 544 g/mol. The van der Waals surface area contributed by atoms with E-state index < -0.39 is 11.6 Å². The summed E-state index contributed by atoms with van der Waals surface area (Å²) in [7, 11) is 0. The van der Waals surface area contributed by atoms with Crippen LogP contribution in [0.2, 0.25) is 0 Å². The molecule has 0 aliphatic heterocycles. The Kier molecular flexibility index (Phi) is 12.9. The first-order valence-electron chi connectivity index (χ1n) is 17.2. The summed E-state index contributed by atoms with van der Waals surface area (Å²) >= 11 is 0. The van der Waals surface area contributed by atoms with Crippen LogP contribution in [0, 0.1) is 47.1 Å². The number of aryl methyl sites for hydroxylation is 1. The van der Waals surface area contributed by atoms with Gasteiger partial charge >= 0.3 is 0 Å². The van der Waals surface area contributed by atoms with Gasteiger partial charge in [-0.15, -0.1) is 0 Å². The number of hydrogen-bond donors (Lipinski definition) is 0. The summed E-state index contributed by atoms with van der Waals surface area (Å²) in [5.41, 5.74) is 0.528. The molecule has 222 valence electrons. The summed E-state index contributed by atoms with van der Waals surface area (Å²) in [5.74, 6) is 3.48. The smallest absolute Gasteiger partial charge is 0.200 e. The maximum Gasteiger partial charge on any atom is 0.200 e. The van der Waals surface area contributed by atoms with E-state index in [1.54, 1.807) is 12.1 Å². The highest BCUT2D eigenvalue weighted by Crippen LogP contribution is 2.43. The number of hydrogen-bond acceptors (Lipinski definition) is 1. The minimum atomic E-state index is -0.780. The van der Waals surface area contributed by atoms with Crippen molar-refractivity contribution in [2.75, 3.05) is 6.61 Å². The molecule has 0 radical (unpaired) electrons. The van der Waals surface area contributed by atoms with Crippen LogP contribution in [0.5, 0.6) is 5.75 Å². The average molecular weight is 545 g/mol. The topological polar surface area (TPSA) is 9.23 Å². The lowest BCUT2D eigenvalue weighted by atomic mass is 9.68. The molecule has 0 unspecified atom stereocenters. The van der Waals surface area contributed by atoms with Crippen molar-refractivity contribution in [1.29, 1.82) is 0 Å². The van der Waals surface area contributed by atoms with Crippen LogP contribution >= 0.6 is 0 Å². The SMILES string of the molecule is CCCCC[C@H]1CC[C@H]([C@H]2CC[C@H](CCc3ccc(OC[C@H]4CC[C@H](CCCC)CC4)c(F)c3F)CC2)CC1. The number of halogens is 2. The predicted octanol–water partition coefficient (Wildman–Crippen LogP) is 11.5. The molecule has 0 amide bonds. The second-order valence-corrected chi connectivity index (χ2v) is 13.8. The Morgan fingerprint density at radius 3 is 1.69 bits per heavy atom. The van der Waals surface area contributed by atoms with E-state index in [0.29, 0.717) is 30.4 Å². The number of ether oxygens (including phenoxy) is 1. The molecule has 0 aromatic heterocycles. The van der Waals surface area contributed by atoms with Crippen molar-refractivity contribution in [1.82, 2.24) is 0 Å². The molecule has 1 aromatic rings. The van der Waals surface area contributed by atoms with E-state index in [9.17, 15) is 8.78 Å². The molecule has 0 atom stereocenters. The van der Waals surface area contributed by atoms with E-state index in [2.05, 4.69) is 13.8 Å². The summed E-state index contributed by atoms with van der Waals surface area (Å²) in [6.07, 6.45) is 27.0. The molecule has 0 spiro atoms. The minimum absolute atomic E-state index is 0.102. The molecule has 3 aliphatic rings. The van der Waals surface area contributed by atoms with Crippen molar-refractivity contribution in [3.8, 4) is 5.75 Å². The van der Waals surface area contributed by atoms with Gasteiger partial charge in [0.15, 0.2) is 11.6 Å². The zero-order valence-electron chi connectivity index (χ0n) is 25.3. The van der Waals surface area contributed by atoms with Crippen LogP contribution in [0.3, 0.4) is 0 Å². The maximum atomic E-state index is 14.9. The highest BCUT2D eigenvalue weighted by Gasteiger charge is 2.31. The Balaban J connectivity index is 1.14. The lowest BCUT2D eigenvalue weighted by Gasteiger charge is -2.38. The molecule has 3 saturated carbocycles. The Labute approximate surface area is 239 Å². The van der Waals surface area contributed by atoms with E-state index in [4.69, 9.17) is 4.74 Å². The van der Waals surface area contributed by atoms with E-state index in [0.717, 1.165) is 42.9 Å². The van der Waals surface area contributed by atoms with E-state index in [1.165, 1.54) is 109 Å². The van der Waals surface area contributed by atoms with Gasteiger partial charge in [0, 0.05) is 0 Å². The summed E-state index contributed by atoms with van der Waals surface area (Å²) in [6.45, 7) is 5.07. The van der Waals surface area contributed by atoms with Crippen LogP contribution in [0.1, 0.15) is 148 Å². The zero-order valence-corrected chi connectivity index (χ0v) is 25.3. The van der Waals surface area contributed by atoms with Gasteiger partial charge in [0.25, 0.3) is 0 Å². The Bertz CT molecular complexity index is 814. The molecule has 0 bridgehead atoms. The number of benzene rings is 1. The van der Waals surface area contributed by atoms with Crippen LogP contribution in [0.4, 0.5) is 8.78 Å². The van der Waals surface area contributed by atoms with Gasteiger partial charge in [-0.1, -0.05) is 103 Å². The summed E-state index contributed by atoms with van der Waals surface area (Å²) in [5, 5.41) is 0. The minimum Gasteiger partial charge on any atom is -0.490 e. The second kappa shape index (κ2) is 16.4. The highest BCUT2D eigenvalue weighted by molar-refractivity contribution is 5.31. The van der Waals surface area contributed by atoms with Gasteiger partial charge < -0.3 is 4.74 Å². The fourth-order valence-corrected chi connectivity index (χ4v) is 8.20. The van der Waals surface area contributed by atoms with Crippen molar-refractivity contribution in [3.63, 3.8) is 0 Å². The van der Waals surface area contributed by atoms with Crippen LogP contribution < -0.4 is 4.74 Å². The summed E-state index contributed by atoms with van der Waals surface area (Å²) in [4.78, 5) is 0. The van der Waals surface area contributed by atoms with Gasteiger partial charge in [0.1, 0.15) is 0 Å². The largest absolute Gasteiger partial charge is 0.490 e. The molecular formula is C36H58F2O. The van der Waals surface area contributed by atoms with E-state index >= 15 is 0 Å². The van der Waals surface area contributed by atoms with Crippen LogP contribution in [0.15, 0.2) is 12.1 Å². The second-order valence-electron chi connectivity index (χ2n) is 13.8. The average Bonchev–Trinajstić information content (AvgIpc) is 2.98. The molecule has 3 heteroatoms. The molecule has 0 saturated heterocycles. The first-order valence-corrected chi connectivity index (χ1v) is 17.2. The predicted molar refractivity (Wildman–Crippen MR) is 160 cm³/mol. The molecule has 1 nitrogen and oxygen atoms in total. The first-order chi connectivity index (χ1) is 19.1. The molecule has 0 heterocycles. The maximum absolute atomic E-state index is 14.9. The van der Waals surface area contributed by atoms with Gasteiger partial charge in [0.2, 0.25) is 5.82 Å². The van der Waals surface area contributed by atoms with Crippen molar-refractivity contribution in [2.45, 2.75) is 149 Å². The normalized spacial score (nSPS) is 29.8. The molecule has 3 aliphatic carbocycles. The molecule has 0 N–H and O–H groups in total. The molecule has 4 rings (SSSR count). The van der Waals surface area contributed by atoms with E-state index in [1.807, 2.05) is 0 Å². The van der Waals surface area contributed by atoms with Gasteiger partial charge in [0.05, 0.1) is 6.61 Å². The fourth-order valence-electron chi connectivity index (χ4n) is 8.20. The number of rotatable bonds is 14.